The first-order valence-corrected chi connectivity index (χ1v) is 15.4. The third kappa shape index (κ3) is 7.90. The lowest BCUT2D eigenvalue weighted by molar-refractivity contribution is 0.305. The number of unbranched alkanes of at least 4 members (excludes halogenated alkanes) is 2. The molecule has 0 radical (unpaired) electrons. The molecule has 1 unspecified atom stereocenters. The normalized spacial score (nSPS) is 14.8. The van der Waals surface area contributed by atoms with Crippen LogP contribution in [-0.2, 0) is 12.8 Å². The topological polar surface area (TPSA) is 30.5 Å². The van der Waals surface area contributed by atoms with Gasteiger partial charge in [-0.05, 0) is 96.3 Å². The lowest BCUT2D eigenvalue weighted by Crippen LogP contribution is -2.14. The van der Waals surface area contributed by atoms with E-state index in [0.717, 1.165) is 67.6 Å². The Hall–Kier alpha value is -3.21. The number of aryl methyl sites for hydroxylation is 2. The van der Waals surface area contributed by atoms with Gasteiger partial charge in [-0.3, -0.25) is 0 Å². The highest BCUT2D eigenvalue weighted by atomic mass is 32.2. The van der Waals surface area contributed by atoms with Crippen molar-refractivity contribution >= 4 is 11.8 Å². The van der Waals surface area contributed by atoms with E-state index in [9.17, 15) is 0 Å². The summed E-state index contributed by atoms with van der Waals surface area (Å²) >= 11 is 1.95. The first-order chi connectivity index (χ1) is 19.3. The van der Waals surface area contributed by atoms with E-state index in [-0.39, 0.29) is 0 Å². The molecule has 0 saturated carbocycles. The minimum atomic E-state index is 0.452. The summed E-state index contributed by atoms with van der Waals surface area (Å²) in [5.41, 5.74) is 6.60. The van der Waals surface area contributed by atoms with Crippen molar-refractivity contribution in [3.63, 3.8) is 0 Å². The van der Waals surface area contributed by atoms with Gasteiger partial charge in [-0.2, -0.15) is 0 Å². The van der Waals surface area contributed by atoms with Crippen LogP contribution in [0.2, 0.25) is 0 Å². The second-order valence-electron chi connectivity index (χ2n) is 10.2. The van der Waals surface area contributed by atoms with E-state index < -0.39 is 0 Å². The second-order valence-corrected chi connectivity index (χ2v) is 11.2. The van der Waals surface area contributed by atoms with Gasteiger partial charge in [-0.15, -0.1) is 11.8 Å². The molecular weight excluding hydrogens is 498 g/mol. The van der Waals surface area contributed by atoms with Gasteiger partial charge in [0.1, 0.15) is 17.2 Å². The lowest BCUT2D eigenvalue weighted by Gasteiger charge is -2.13. The molecule has 4 aromatic carbocycles. The summed E-state index contributed by atoms with van der Waals surface area (Å²) in [4.78, 5) is 0. The maximum Gasteiger partial charge on any atom is 0.127 e. The Bertz CT molecular complexity index is 1300. The van der Waals surface area contributed by atoms with Crippen molar-refractivity contribution in [1.29, 1.82) is 0 Å². The summed E-state index contributed by atoms with van der Waals surface area (Å²) in [6.45, 7) is 3.02. The van der Waals surface area contributed by atoms with Crippen LogP contribution in [0, 0.1) is 0 Å². The predicted molar refractivity (Wildman–Crippen MR) is 165 cm³/mol. The monoisotopic (exact) mass is 537 g/mol. The molecule has 0 spiro atoms. The van der Waals surface area contributed by atoms with Crippen molar-refractivity contribution < 1.29 is 9.47 Å². The van der Waals surface area contributed by atoms with Crippen LogP contribution >= 0.6 is 11.8 Å². The van der Waals surface area contributed by atoms with Gasteiger partial charge < -0.3 is 14.8 Å². The Morgan fingerprint density at radius 3 is 2.33 bits per heavy atom. The molecule has 1 aliphatic rings. The van der Waals surface area contributed by atoms with Gasteiger partial charge in [0.25, 0.3) is 0 Å². The molecule has 0 aliphatic carbocycles. The smallest absolute Gasteiger partial charge is 0.127 e. The first kappa shape index (κ1) is 27.4. The molecule has 1 atom stereocenters. The van der Waals surface area contributed by atoms with E-state index >= 15 is 0 Å². The number of thioether (sulfide) groups is 1. The molecule has 1 saturated heterocycles. The van der Waals surface area contributed by atoms with Crippen LogP contribution < -0.4 is 14.8 Å². The third-order valence-electron chi connectivity index (χ3n) is 7.23. The Balaban J connectivity index is 1.09. The van der Waals surface area contributed by atoms with Crippen molar-refractivity contribution in [3.05, 3.63) is 114 Å². The molecule has 4 heteroatoms. The van der Waals surface area contributed by atoms with E-state index in [1.54, 1.807) is 0 Å². The molecular formula is C35H39NO2S. The van der Waals surface area contributed by atoms with E-state index in [4.69, 9.17) is 9.47 Å². The number of hydrogen-bond acceptors (Lipinski definition) is 4. The Labute approximate surface area is 238 Å². The van der Waals surface area contributed by atoms with Crippen molar-refractivity contribution in [1.82, 2.24) is 5.32 Å². The van der Waals surface area contributed by atoms with Crippen LogP contribution in [0.15, 0.2) is 97.1 Å². The van der Waals surface area contributed by atoms with Crippen LogP contribution in [0.5, 0.6) is 17.2 Å². The molecule has 0 bridgehead atoms. The molecule has 39 heavy (non-hydrogen) atoms. The highest BCUT2D eigenvalue weighted by Crippen LogP contribution is 2.29. The minimum Gasteiger partial charge on any atom is -0.494 e. The fourth-order valence-electron chi connectivity index (χ4n) is 5.11. The zero-order valence-corrected chi connectivity index (χ0v) is 23.7. The van der Waals surface area contributed by atoms with Gasteiger partial charge >= 0.3 is 0 Å². The third-order valence-corrected chi connectivity index (χ3v) is 8.17. The average Bonchev–Trinajstić information content (AvgIpc) is 3.53. The first-order valence-electron chi connectivity index (χ1n) is 14.3. The van der Waals surface area contributed by atoms with Crippen molar-refractivity contribution in [2.45, 2.75) is 51.5 Å². The summed E-state index contributed by atoms with van der Waals surface area (Å²) in [6, 6.07) is 34.4. The van der Waals surface area contributed by atoms with E-state index in [0.29, 0.717) is 6.04 Å². The maximum absolute atomic E-state index is 6.23. The molecule has 0 aromatic heterocycles. The number of hydrogen-bond donors (Lipinski definition) is 1. The van der Waals surface area contributed by atoms with Crippen LogP contribution in [0.3, 0.4) is 0 Å². The molecule has 5 rings (SSSR count). The summed E-state index contributed by atoms with van der Waals surface area (Å²) in [5, 5.41) is 3.54. The van der Waals surface area contributed by atoms with Gasteiger partial charge in [0.15, 0.2) is 0 Å². The van der Waals surface area contributed by atoms with Gasteiger partial charge in [0.05, 0.1) is 6.61 Å². The standard InChI is InChI=1S/C35H39NO2S/c1-2-10-30-23-34(38-32-19-16-29(17-20-32)27-11-5-3-6-12-27)21-18-28(30)13-7-4-8-22-37-33-15-9-14-31(24-33)35-25-39-26-36-35/h3,5-6,9,11-12,14-21,23-24,35-36H,2,4,7-8,10,13,22,25-26H2,1H3. The van der Waals surface area contributed by atoms with Crippen LogP contribution in [0.1, 0.15) is 55.3 Å². The van der Waals surface area contributed by atoms with Crippen molar-refractivity contribution in [3.8, 4) is 28.4 Å². The molecule has 1 heterocycles. The molecule has 1 N–H and O–H groups in total. The Morgan fingerprint density at radius 1 is 0.718 bits per heavy atom. The van der Waals surface area contributed by atoms with Crippen molar-refractivity contribution in [2.24, 2.45) is 0 Å². The van der Waals surface area contributed by atoms with Crippen LogP contribution in [0.4, 0.5) is 0 Å². The number of benzene rings is 4. The highest BCUT2D eigenvalue weighted by molar-refractivity contribution is 7.99. The molecule has 0 amide bonds. The number of rotatable bonds is 13. The summed E-state index contributed by atoms with van der Waals surface area (Å²) in [5.74, 6) is 4.94. The molecule has 202 valence electrons. The predicted octanol–water partition coefficient (Wildman–Crippen LogP) is 9.23. The van der Waals surface area contributed by atoms with Crippen LogP contribution in [0.25, 0.3) is 11.1 Å². The van der Waals surface area contributed by atoms with Gasteiger partial charge in [-0.1, -0.05) is 74.0 Å². The van der Waals surface area contributed by atoms with Gasteiger partial charge in [-0.25, -0.2) is 0 Å². The SMILES string of the molecule is CCCc1cc(Oc2ccc(-c3ccccc3)cc2)ccc1CCCCCOc1cccc(C2CSCN2)c1. The highest BCUT2D eigenvalue weighted by Gasteiger charge is 2.16. The fraction of sp³-hybridized carbons (Fsp3) is 0.314. The quantitative estimate of drug-likeness (QED) is 0.172. The van der Waals surface area contributed by atoms with Gasteiger partial charge in [0, 0.05) is 17.7 Å². The number of ether oxygens (including phenoxy) is 2. The zero-order chi connectivity index (χ0) is 26.7. The summed E-state index contributed by atoms with van der Waals surface area (Å²) < 4.78 is 12.3. The van der Waals surface area contributed by atoms with E-state index in [1.165, 1.54) is 34.2 Å². The average molecular weight is 538 g/mol. The van der Waals surface area contributed by atoms with Crippen molar-refractivity contribution in [2.75, 3.05) is 18.2 Å². The van der Waals surface area contributed by atoms with E-state index in [1.807, 2.05) is 17.8 Å². The zero-order valence-electron chi connectivity index (χ0n) is 22.9. The summed E-state index contributed by atoms with van der Waals surface area (Å²) in [7, 11) is 0. The van der Waals surface area contributed by atoms with Gasteiger partial charge in [0.2, 0.25) is 0 Å². The fourth-order valence-corrected chi connectivity index (χ4v) is 6.09. The molecule has 3 nitrogen and oxygen atoms in total. The second kappa shape index (κ2) is 14.3. The summed E-state index contributed by atoms with van der Waals surface area (Å²) in [6.07, 6.45) is 6.72. The molecule has 1 aliphatic heterocycles. The molecule has 1 fully saturated rings. The Kier molecular flexibility index (Phi) is 10.00. The maximum atomic E-state index is 6.23. The largest absolute Gasteiger partial charge is 0.494 e. The number of nitrogens with one attached hydrogen (secondary N) is 1. The molecule has 4 aromatic rings. The van der Waals surface area contributed by atoms with E-state index in [2.05, 4.69) is 103 Å². The minimum absolute atomic E-state index is 0.452. The van der Waals surface area contributed by atoms with Crippen LogP contribution in [-0.4, -0.2) is 18.2 Å². The lowest BCUT2D eigenvalue weighted by atomic mass is 9.98. The Morgan fingerprint density at radius 2 is 1.54 bits per heavy atom.